The molecule has 0 aliphatic rings. The van der Waals surface area contributed by atoms with E-state index in [0.717, 1.165) is 6.42 Å². The number of likely N-dealkylation sites (N-methyl/N-ethyl adjacent to an activating group) is 1. The average Bonchev–Trinajstić information content (AvgIpc) is 2.67. The first-order valence-corrected chi connectivity index (χ1v) is 9.12. The van der Waals surface area contributed by atoms with Crippen molar-refractivity contribution in [3.8, 4) is 0 Å². The van der Waals surface area contributed by atoms with Gasteiger partial charge < -0.3 is 0 Å². The van der Waals surface area contributed by atoms with Gasteiger partial charge in [-0.3, -0.25) is 0 Å². The molecule has 17 heavy (non-hydrogen) atoms. The maximum absolute atomic E-state index is 3.59. The van der Waals surface area contributed by atoms with Crippen LogP contribution in [0.15, 0.2) is 24.3 Å². The van der Waals surface area contributed by atoms with Crippen molar-refractivity contribution >= 4 is 10.9 Å². The van der Waals surface area contributed by atoms with Gasteiger partial charge in [-0.25, -0.2) is 0 Å². The number of para-hydroxylation sites is 1. The van der Waals surface area contributed by atoms with Crippen molar-refractivity contribution in [3.63, 3.8) is 0 Å². The number of hydrogen-bond donors (Lipinski definition) is 1. The van der Waals surface area contributed by atoms with E-state index >= 15 is 0 Å². The summed E-state index contributed by atoms with van der Waals surface area (Å²) in [6.07, 6.45) is 1.14. The summed E-state index contributed by atoms with van der Waals surface area (Å²) in [5.41, 5.74) is 2.84. The zero-order valence-corrected chi connectivity index (χ0v) is 13.1. The van der Waals surface area contributed by atoms with Crippen molar-refractivity contribution in [1.82, 2.24) is 9.88 Å². The van der Waals surface area contributed by atoms with Crippen LogP contribution in [0.5, 0.6) is 0 Å². The Morgan fingerprint density at radius 1 is 1.29 bits per heavy atom. The standard InChI is InChI=1S/C14H20IN2/c1-10(17(3)4)9-12-11-7-5-6-8-13(11)16-14(12)15-2/h5-8,10,16H,9H2,1-4H3/q-1/t10-/m1/s1. The summed E-state index contributed by atoms with van der Waals surface area (Å²) in [6.45, 7) is 2.29. The molecule has 0 aliphatic carbocycles. The number of nitrogens with zero attached hydrogens (tertiary/aromatic N) is 1. The van der Waals surface area contributed by atoms with Gasteiger partial charge in [-0.2, -0.15) is 0 Å². The summed E-state index contributed by atoms with van der Waals surface area (Å²) < 4.78 is 1.50. The van der Waals surface area contributed by atoms with Gasteiger partial charge in [0.15, 0.2) is 0 Å². The summed E-state index contributed by atoms with van der Waals surface area (Å²) in [4.78, 5) is 8.21. The fourth-order valence-corrected chi connectivity index (χ4v) is 3.73. The van der Waals surface area contributed by atoms with Crippen LogP contribution in [0.2, 0.25) is 0 Å². The molecule has 0 aliphatic heterocycles. The quantitative estimate of drug-likeness (QED) is 0.589. The second-order valence-electron chi connectivity index (χ2n) is 4.67. The SMILES string of the molecule is C[I-]c1[nH]c2ccccc2c1C[C@@H](C)N(C)C. The molecule has 0 saturated carbocycles. The third-order valence-corrected chi connectivity index (χ3v) is 5.33. The number of halogens is 1. The molecule has 0 bridgehead atoms. The fraction of sp³-hybridized carbons (Fsp3) is 0.429. The van der Waals surface area contributed by atoms with Crippen LogP contribution in [-0.2, 0) is 6.42 Å². The molecule has 1 N–H and O–H groups in total. The molecule has 0 radical (unpaired) electrons. The molecule has 1 aromatic heterocycles. The molecular weight excluding hydrogens is 323 g/mol. The van der Waals surface area contributed by atoms with Gasteiger partial charge in [0.25, 0.3) is 0 Å². The number of H-pyrrole nitrogens is 1. The van der Waals surface area contributed by atoms with E-state index in [1.807, 2.05) is 0 Å². The number of nitrogens with one attached hydrogen (secondary N) is 1. The molecule has 1 atom stereocenters. The molecule has 0 fully saturated rings. The first-order chi connectivity index (χ1) is 8.13. The molecular formula is C14H20IN2-. The van der Waals surface area contributed by atoms with E-state index in [1.165, 1.54) is 20.2 Å². The van der Waals surface area contributed by atoms with E-state index in [1.54, 1.807) is 0 Å². The van der Waals surface area contributed by atoms with Gasteiger partial charge in [-0.05, 0) is 0 Å². The predicted octanol–water partition coefficient (Wildman–Crippen LogP) is -0.451. The molecule has 1 heterocycles. The third kappa shape index (κ3) is 2.65. The summed E-state index contributed by atoms with van der Waals surface area (Å²) in [7, 11) is 4.31. The third-order valence-electron chi connectivity index (χ3n) is 3.33. The van der Waals surface area contributed by atoms with Crippen LogP contribution in [0.1, 0.15) is 12.5 Å². The molecule has 2 aromatic rings. The van der Waals surface area contributed by atoms with E-state index in [-0.39, 0.29) is 21.2 Å². The number of benzene rings is 1. The Bertz CT molecular complexity index is 502. The molecule has 1 aromatic carbocycles. The Morgan fingerprint density at radius 3 is 2.65 bits per heavy atom. The van der Waals surface area contributed by atoms with Crippen LogP contribution >= 0.6 is 0 Å². The molecule has 0 amide bonds. The minimum atomic E-state index is 0.114. The number of aromatic amines is 1. The van der Waals surface area contributed by atoms with Gasteiger partial charge in [0.05, 0.1) is 0 Å². The van der Waals surface area contributed by atoms with Crippen molar-refractivity contribution in [2.24, 2.45) is 0 Å². The van der Waals surface area contributed by atoms with Crippen LogP contribution in [-0.4, -0.2) is 35.0 Å². The number of rotatable bonds is 4. The second kappa shape index (κ2) is 5.40. The number of fused-ring (bicyclic) bond motifs is 1. The van der Waals surface area contributed by atoms with E-state index in [2.05, 4.69) is 60.1 Å². The molecule has 94 valence electrons. The molecule has 0 spiro atoms. The van der Waals surface area contributed by atoms with Gasteiger partial charge in [0.2, 0.25) is 0 Å². The van der Waals surface area contributed by atoms with Gasteiger partial charge in [-0.15, -0.1) is 0 Å². The van der Waals surface area contributed by atoms with Gasteiger partial charge in [0.1, 0.15) is 0 Å². The van der Waals surface area contributed by atoms with E-state index < -0.39 is 0 Å². The predicted molar refractivity (Wildman–Crippen MR) is 69.8 cm³/mol. The van der Waals surface area contributed by atoms with Crippen LogP contribution < -0.4 is 21.2 Å². The monoisotopic (exact) mass is 343 g/mol. The Labute approximate surface area is 114 Å². The van der Waals surface area contributed by atoms with Crippen molar-refractivity contribution in [1.29, 1.82) is 0 Å². The Morgan fingerprint density at radius 2 is 2.00 bits per heavy atom. The Hall–Kier alpha value is -0.550. The van der Waals surface area contributed by atoms with Gasteiger partial charge >= 0.3 is 114 Å². The summed E-state index contributed by atoms with van der Waals surface area (Å²) in [5, 5.41) is 1.41. The molecule has 0 saturated heterocycles. The Kier molecular flexibility index (Phi) is 4.09. The van der Waals surface area contributed by atoms with Gasteiger partial charge in [-0.1, -0.05) is 0 Å². The molecule has 0 unspecified atom stereocenters. The topological polar surface area (TPSA) is 19.0 Å². The van der Waals surface area contributed by atoms with Gasteiger partial charge in [0, 0.05) is 0 Å². The van der Waals surface area contributed by atoms with Crippen LogP contribution in [0, 0.1) is 3.70 Å². The van der Waals surface area contributed by atoms with Crippen molar-refractivity contribution < 1.29 is 21.2 Å². The van der Waals surface area contributed by atoms with E-state index in [0.29, 0.717) is 6.04 Å². The maximum atomic E-state index is 3.59. The first kappa shape index (κ1) is 12.9. The average molecular weight is 343 g/mol. The Balaban J connectivity index is 2.43. The normalized spacial score (nSPS) is 13.7. The minimum absolute atomic E-state index is 0.114. The van der Waals surface area contributed by atoms with Crippen LogP contribution in [0.25, 0.3) is 10.9 Å². The first-order valence-electron chi connectivity index (χ1n) is 5.89. The van der Waals surface area contributed by atoms with Crippen LogP contribution in [0.3, 0.4) is 0 Å². The zero-order valence-electron chi connectivity index (χ0n) is 10.9. The van der Waals surface area contributed by atoms with Crippen LogP contribution in [0.4, 0.5) is 0 Å². The zero-order chi connectivity index (χ0) is 12.4. The summed E-state index contributed by atoms with van der Waals surface area (Å²) >= 11 is 0.114. The molecule has 2 rings (SSSR count). The van der Waals surface area contributed by atoms with Crippen molar-refractivity contribution in [3.05, 3.63) is 33.5 Å². The van der Waals surface area contributed by atoms with E-state index in [9.17, 15) is 0 Å². The number of alkyl halides is 1. The van der Waals surface area contributed by atoms with Crippen molar-refractivity contribution in [2.45, 2.75) is 19.4 Å². The number of aromatic nitrogens is 1. The van der Waals surface area contributed by atoms with Crippen molar-refractivity contribution in [2.75, 3.05) is 19.0 Å². The molecule has 2 nitrogen and oxygen atoms in total. The summed E-state index contributed by atoms with van der Waals surface area (Å²) in [5.74, 6) is 0. The molecule has 3 heteroatoms. The fourth-order valence-electron chi connectivity index (χ4n) is 2.01. The summed E-state index contributed by atoms with van der Waals surface area (Å²) in [6, 6.07) is 9.26. The second-order valence-corrected chi connectivity index (χ2v) is 6.83. The van der Waals surface area contributed by atoms with E-state index in [4.69, 9.17) is 0 Å². The number of hydrogen-bond acceptors (Lipinski definition) is 1.